The number of anilines is 1. The molecule has 0 unspecified atom stereocenters. The summed E-state index contributed by atoms with van der Waals surface area (Å²) in [6, 6.07) is 3.68. The molecule has 0 spiro atoms. The molecule has 2 rings (SSSR count). The fourth-order valence-electron chi connectivity index (χ4n) is 1.75. The highest BCUT2D eigenvalue weighted by Gasteiger charge is 2.19. The number of methoxy groups -OCH3 is 1. The lowest BCUT2D eigenvalue weighted by molar-refractivity contribution is 0.103. The topological polar surface area (TPSA) is 78.1 Å². The van der Waals surface area contributed by atoms with Crippen LogP contribution in [0.25, 0.3) is 0 Å². The lowest BCUT2D eigenvalue weighted by Crippen LogP contribution is -2.10. The Morgan fingerprint density at radius 2 is 2.19 bits per heavy atom. The Bertz CT molecular complexity index is 679. The van der Waals surface area contributed by atoms with E-state index in [0.29, 0.717) is 5.16 Å². The maximum absolute atomic E-state index is 13.2. The second-order valence-electron chi connectivity index (χ2n) is 4.06. The molecule has 1 heterocycles. The van der Waals surface area contributed by atoms with Gasteiger partial charge in [0.2, 0.25) is 5.78 Å². The Morgan fingerprint density at radius 3 is 2.81 bits per heavy atom. The number of thioether (sulfide) groups is 1. The number of ether oxygens (including phenoxy) is 1. The van der Waals surface area contributed by atoms with Crippen molar-refractivity contribution < 1.29 is 13.9 Å². The lowest BCUT2D eigenvalue weighted by atomic mass is 10.0. The van der Waals surface area contributed by atoms with Gasteiger partial charge >= 0.3 is 0 Å². The monoisotopic (exact) mass is 307 g/mol. The largest absolute Gasteiger partial charge is 0.496 e. The van der Waals surface area contributed by atoms with E-state index in [4.69, 9.17) is 10.5 Å². The Balaban J connectivity index is 2.40. The summed E-state index contributed by atoms with van der Waals surface area (Å²) in [7, 11) is 1.37. The first kappa shape index (κ1) is 15.2. The third-order valence-corrected chi connectivity index (χ3v) is 3.47. The van der Waals surface area contributed by atoms with Crippen LogP contribution < -0.4 is 10.5 Å². The summed E-state index contributed by atoms with van der Waals surface area (Å²) in [4.78, 5) is 20.6. The average Bonchev–Trinajstić information content (AvgIpc) is 2.47. The van der Waals surface area contributed by atoms with Crippen molar-refractivity contribution >= 4 is 23.4 Å². The summed E-state index contributed by atoms with van der Waals surface area (Å²) < 4.78 is 18.2. The number of nitrogens with two attached hydrogens (primary N) is 1. The van der Waals surface area contributed by atoms with Gasteiger partial charge in [0.05, 0.1) is 18.2 Å². The predicted octanol–water partition coefficient (Wildman–Crippen LogP) is 2.55. The molecule has 0 aliphatic heterocycles. The number of halogens is 1. The molecule has 110 valence electrons. The van der Waals surface area contributed by atoms with Crippen LogP contribution in [0.1, 0.15) is 22.8 Å². The number of nitrogen functional groups attached to an aromatic ring is 1. The van der Waals surface area contributed by atoms with Crippen LogP contribution in [-0.4, -0.2) is 28.6 Å². The number of carbonyl (C=O) groups is 1. The van der Waals surface area contributed by atoms with E-state index in [1.165, 1.54) is 37.2 Å². The van der Waals surface area contributed by atoms with Gasteiger partial charge in [-0.1, -0.05) is 18.7 Å². The van der Waals surface area contributed by atoms with Crippen LogP contribution >= 0.6 is 11.8 Å². The van der Waals surface area contributed by atoms with Crippen LogP contribution in [0, 0.1) is 5.82 Å². The van der Waals surface area contributed by atoms with Crippen molar-refractivity contribution in [2.75, 3.05) is 18.6 Å². The number of carbonyl (C=O) groups excluding carboxylic acids is 1. The summed E-state index contributed by atoms with van der Waals surface area (Å²) in [5.41, 5.74) is 6.19. The lowest BCUT2D eigenvalue weighted by Gasteiger charge is -2.09. The second-order valence-corrected chi connectivity index (χ2v) is 5.29. The number of nitrogens with zero attached hydrogens (tertiary/aromatic N) is 2. The highest BCUT2D eigenvalue weighted by atomic mass is 32.2. The zero-order chi connectivity index (χ0) is 15.4. The SMILES string of the molecule is CCSc1ncc(C(=O)c2ccc(F)cc2OC)c(N)n1. The van der Waals surface area contributed by atoms with Crippen LogP contribution in [0.4, 0.5) is 10.2 Å². The third-order valence-electron chi connectivity index (χ3n) is 2.72. The van der Waals surface area contributed by atoms with E-state index in [1.54, 1.807) is 0 Å². The zero-order valence-electron chi connectivity index (χ0n) is 11.6. The van der Waals surface area contributed by atoms with E-state index in [2.05, 4.69) is 9.97 Å². The number of aromatic nitrogens is 2. The Hall–Kier alpha value is -2.15. The van der Waals surface area contributed by atoms with E-state index in [0.717, 1.165) is 11.8 Å². The summed E-state index contributed by atoms with van der Waals surface area (Å²) in [6.07, 6.45) is 1.38. The second kappa shape index (κ2) is 6.53. The third kappa shape index (κ3) is 3.30. The molecule has 0 amide bonds. The molecule has 2 N–H and O–H groups in total. The van der Waals surface area contributed by atoms with Gasteiger partial charge in [0.1, 0.15) is 17.4 Å². The van der Waals surface area contributed by atoms with Crippen molar-refractivity contribution in [2.45, 2.75) is 12.1 Å². The fourth-order valence-corrected chi connectivity index (χ4v) is 2.30. The molecule has 1 aromatic heterocycles. The van der Waals surface area contributed by atoms with E-state index in [-0.39, 0.29) is 22.7 Å². The Labute approximate surface area is 125 Å². The molecular weight excluding hydrogens is 293 g/mol. The van der Waals surface area contributed by atoms with Crippen molar-refractivity contribution in [2.24, 2.45) is 0 Å². The summed E-state index contributed by atoms with van der Waals surface area (Å²) in [5.74, 6) is 0.155. The van der Waals surface area contributed by atoms with Gasteiger partial charge in [0, 0.05) is 12.3 Å². The minimum Gasteiger partial charge on any atom is -0.496 e. The minimum absolute atomic E-state index is 0.0947. The molecule has 0 saturated heterocycles. The quantitative estimate of drug-likeness (QED) is 0.519. The molecule has 7 heteroatoms. The van der Waals surface area contributed by atoms with Gasteiger partial charge in [-0.25, -0.2) is 14.4 Å². The zero-order valence-corrected chi connectivity index (χ0v) is 12.4. The van der Waals surface area contributed by atoms with Gasteiger partial charge in [0.15, 0.2) is 5.16 Å². The van der Waals surface area contributed by atoms with Gasteiger partial charge in [0.25, 0.3) is 0 Å². The first-order valence-corrected chi connectivity index (χ1v) is 7.19. The Kier molecular flexibility index (Phi) is 4.74. The molecule has 1 aromatic carbocycles. The van der Waals surface area contributed by atoms with Gasteiger partial charge in [-0.3, -0.25) is 4.79 Å². The van der Waals surface area contributed by atoms with Gasteiger partial charge in [-0.05, 0) is 17.9 Å². The predicted molar refractivity (Wildman–Crippen MR) is 79.2 cm³/mol. The average molecular weight is 307 g/mol. The number of benzene rings is 1. The molecule has 0 radical (unpaired) electrons. The molecule has 0 atom stereocenters. The minimum atomic E-state index is -0.484. The van der Waals surface area contributed by atoms with Crippen molar-refractivity contribution in [3.8, 4) is 5.75 Å². The van der Waals surface area contributed by atoms with E-state index < -0.39 is 11.6 Å². The van der Waals surface area contributed by atoms with Crippen LogP contribution in [0.3, 0.4) is 0 Å². The van der Waals surface area contributed by atoms with Gasteiger partial charge in [-0.15, -0.1) is 0 Å². The van der Waals surface area contributed by atoms with Crippen LogP contribution in [-0.2, 0) is 0 Å². The van der Waals surface area contributed by atoms with Gasteiger partial charge in [-0.2, -0.15) is 0 Å². The number of hydrogen-bond acceptors (Lipinski definition) is 6. The van der Waals surface area contributed by atoms with Crippen molar-refractivity contribution in [1.82, 2.24) is 9.97 Å². The van der Waals surface area contributed by atoms with Crippen molar-refractivity contribution in [3.05, 3.63) is 41.3 Å². The van der Waals surface area contributed by atoms with E-state index >= 15 is 0 Å². The van der Waals surface area contributed by atoms with Crippen LogP contribution in [0.5, 0.6) is 5.75 Å². The number of ketones is 1. The first-order chi connectivity index (χ1) is 10.1. The molecule has 21 heavy (non-hydrogen) atoms. The highest BCUT2D eigenvalue weighted by molar-refractivity contribution is 7.99. The summed E-state index contributed by atoms with van der Waals surface area (Å²) in [6.45, 7) is 1.96. The molecule has 2 aromatic rings. The van der Waals surface area contributed by atoms with E-state index in [9.17, 15) is 9.18 Å². The Morgan fingerprint density at radius 1 is 1.43 bits per heavy atom. The first-order valence-electron chi connectivity index (χ1n) is 6.20. The summed E-state index contributed by atoms with van der Waals surface area (Å²) in [5, 5.41) is 0.512. The fraction of sp³-hybridized carbons (Fsp3) is 0.214. The van der Waals surface area contributed by atoms with Crippen molar-refractivity contribution in [1.29, 1.82) is 0 Å². The smallest absolute Gasteiger partial charge is 0.202 e. The number of hydrogen-bond donors (Lipinski definition) is 1. The molecule has 0 aliphatic carbocycles. The maximum atomic E-state index is 13.2. The maximum Gasteiger partial charge on any atom is 0.202 e. The normalized spacial score (nSPS) is 10.4. The summed E-state index contributed by atoms with van der Waals surface area (Å²) >= 11 is 1.43. The molecule has 0 fully saturated rings. The van der Waals surface area contributed by atoms with Crippen molar-refractivity contribution in [3.63, 3.8) is 0 Å². The molecule has 5 nitrogen and oxygen atoms in total. The molecule has 0 saturated carbocycles. The van der Waals surface area contributed by atoms with Crippen LogP contribution in [0.15, 0.2) is 29.6 Å². The standard InChI is InChI=1S/C14H14FN3O2S/c1-3-21-14-17-7-10(13(16)18-14)12(19)9-5-4-8(15)6-11(9)20-2/h4-7H,3H2,1-2H3,(H2,16,17,18). The van der Waals surface area contributed by atoms with Gasteiger partial charge < -0.3 is 10.5 Å². The number of rotatable bonds is 5. The molecular formula is C14H14FN3O2S. The van der Waals surface area contributed by atoms with E-state index in [1.807, 2.05) is 6.92 Å². The molecule has 0 bridgehead atoms. The van der Waals surface area contributed by atoms with Crippen LogP contribution in [0.2, 0.25) is 0 Å². The molecule has 0 aliphatic rings. The highest BCUT2D eigenvalue weighted by Crippen LogP contribution is 2.25.